The Morgan fingerprint density at radius 3 is 2.52 bits per heavy atom. The number of aromatic nitrogens is 2. The van der Waals surface area contributed by atoms with Crippen molar-refractivity contribution in [3.05, 3.63) is 58.5 Å². The number of benzene rings is 1. The lowest BCUT2D eigenvalue weighted by atomic mass is 9.94. The molecule has 0 unspecified atom stereocenters. The second-order valence-electron chi connectivity index (χ2n) is 7.92. The fourth-order valence-electron chi connectivity index (χ4n) is 4.50. The van der Waals surface area contributed by atoms with Crippen LogP contribution in [0.2, 0.25) is 5.02 Å². The van der Waals surface area contributed by atoms with Crippen LogP contribution in [0.4, 0.5) is 5.82 Å². The molecule has 1 aromatic heterocycles. The molecule has 2 aromatic rings. The van der Waals surface area contributed by atoms with Crippen LogP contribution in [0.1, 0.15) is 55.8 Å². The molecule has 1 saturated heterocycles. The Kier molecular flexibility index (Phi) is 5.59. The lowest BCUT2D eigenvalue weighted by Gasteiger charge is -2.37. The van der Waals surface area contributed by atoms with Crippen molar-refractivity contribution >= 4 is 28.9 Å². The molecule has 1 aromatic carbocycles. The second kappa shape index (κ2) is 8.15. The van der Waals surface area contributed by atoms with Gasteiger partial charge < -0.3 is 9.80 Å². The van der Waals surface area contributed by atoms with Crippen molar-refractivity contribution in [2.45, 2.75) is 39.0 Å². The predicted molar refractivity (Wildman–Crippen MR) is 117 cm³/mol. The maximum atomic E-state index is 13.2. The topological polar surface area (TPSA) is 49.3 Å². The average molecular weight is 411 g/mol. The van der Waals surface area contributed by atoms with Gasteiger partial charge in [0.25, 0.3) is 0 Å². The van der Waals surface area contributed by atoms with Gasteiger partial charge in [-0.1, -0.05) is 43.7 Å². The summed E-state index contributed by atoms with van der Waals surface area (Å²) in [5.74, 6) is 1.42. The van der Waals surface area contributed by atoms with Crippen LogP contribution < -0.4 is 4.90 Å². The molecule has 0 saturated carbocycles. The summed E-state index contributed by atoms with van der Waals surface area (Å²) in [6, 6.07) is 7.64. The molecule has 2 atom stereocenters. The van der Waals surface area contributed by atoms with Gasteiger partial charge in [0, 0.05) is 42.7 Å². The lowest BCUT2D eigenvalue weighted by Crippen LogP contribution is -2.50. The van der Waals surface area contributed by atoms with Gasteiger partial charge in [-0.2, -0.15) is 0 Å². The minimum absolute atomic E-state index is 0.117. The van der Waals surface area contributed by atoms with Gasteiger partial charge in [0.1, 0.15) is 12.1 Å². The summed E-state index contributed by atoms with van der Waals surface area (Å²) in [5, 5.41) is 0.695. The number of amides is 1. The van der Waals surface area contributed by atoms with E-state index in [0.29, 0.717) is 24.0 Å². The Bertz CT molecular complexity index is 932. The van der Waals surface area contributed by atoms with Crippen molar-refractivity contribution in [3.63, 3.8) is 0 Å². The Morgan fingerprint density at radius 2 is 1.86 bits per heavy atom. The molecule has 0 radical (unpaired) electrons. The summed E-state index contributed by atoms with van der Waals surface area (Å²) in [7, 11) is 0. The van der Waals surface area contributed by atoms with E-state index in [9.17, 15) is 4.79 Å². The molecule has 0 N–H and O–H groups in total. The molecular formula is C23H27ClN4O. The van der Waals surface area contributed by atoms with Crippen molar-refractivity contribution in [1.82, 2.24) is 14.9 Å². The molecule has 1 amide bonds. The van der Waals surface area contributed by atoms with E-state index in [-0.39, 0.29) is 11.8 Å². The van der Waals surface area contributed by atoms with E-state index < -0.39 is 0 Å². The number of hydrogen-bond donors (Lipinski definition) is 0. The summed E-state index contributed by atoms with van der Waals surface area (Å²) in [4.78, 5) is 26.6. The van der Waals surface area contributed by atoms with Gasteiger partial charge in [-0.3, -0.25) is 4.79 Å². The molecule has 5 nitrogen and oxygen atoms in total. The monoisotopic (exact) mass is 410 g/mol. The van der Waals surface area contributed by atoms with Gasteiger partial charge in [0.2, 0.25) is 5.91 Å². The molecule has 2 heterocycles. The van der Waals surface area contributed by atoms with E-state index in [1.165, 1.54) is 11.1 Å². The summed E-state index contributed by atoms with van der Waals surface area (Å²) in [6.45, 7) is 9.35. The number of rotatable bonds is 4. The molecule has 1 aliphatic carbocycles. The Hall–Kier alpha value is -2.40. The van der Waals surface area contributed by atoms with Gasteiger partial charge in [0.15, 0.2) is 0 Å². The van der Waals surface area contributed by atoms with E-state index in [2.05, 4.69) is 41.7 Å². The third-order valence-electron chi connectivity index (χ3n) is 6.05. The molecule has 2 aliphatic rings. The smallest absolute Gasteiger partial charge is 0.230 e. The normalized spacial score (nSPS) is 19.7. The lowest BCUT2D eigenvalue weighted by molar-refractivity contribution is -0.133. The first-order valence-electron chi connectivity index (χ1n) is 10.3. The SMILES string of the molecule is CC[C@@H](C(=O)N1CCN(c2ncnc3c2C(C)=C[C@H]3C)CC1)c1ccc(Cl)cc1. The third kappa shape index (κ3) is 3.76. The van der Waals surface area contributed by atoms with Crippen molar-refractivity contribution in [1.29, 1.82) is 0 Å². The number of piperazine rings is 1. The zero-order valence-corrected chi connectivity index (χ0v) is 18.0. The van der Waals surface area contributed by atoms with Crippen molar-refractivity contribution in [2.24, 2.45) is 0 Å². The van der Waals surface area contributed by atoms with Crippen molar-refractivity contribution < 1.29 is 4.79 Å². The summed E-state index contributed by atoms with van der Waals surface area (Å²) in [6.07, 6.45) is 4.70. The second-order valence-corrected chi connectivity index (χ2v) is 8.36. The van der Waals surface area contributed by atoms with Gasteiger partial charge in [-0.25, -0.2) is 9.97 Å². The molecule has 4 rings (SSSR count). The summed E-state index contributed by atoms with van der Waals surface area (Å²) in [5.41, 5.74) is 4.57. The highest BCUT2D eigenvalue weighted by molar-refractivity contribution is 6.30. The van der Waals surface area contributed by atoms with Crippen molar-refractivity contribution in [2.75, 3.05) is 31.1 Å². The Balaban J connectivity index is 1.47. The van der Waals surface area contributed by atoms with Gasteiger partial charge in [0.05, 0.1) is 11.6 Å². The molecule has 1 fully saturated rings. The van der Waals surface area contributed by atoms with Crippen LogP contribution in [0, 0.1) is 0 Å². The van der Waals surface area contributed by atoms with Crippen LogP contribution >= 0.6 is 11.6 Å². The molecule has 152 valence electrons. The minimum atomic E-state index is -0.117. The highest BCUT2D eigenvalue weighted by atomic mass is 35.5. The number of nitrogens with zero attached hydrogens (tertiary/aromatic N) is 4. The molecular weight excluding hydrogens is 384 g/mol. The van der Waals surface area contributed by atoms with E-state index >= 15 is 0 Å². The van der Waals surface area contributed by atoms with Crippen LogP contribution in [0.3, 0.4) is 0 Å². The van der Waals surface area contributed by atoms with Crippen LogP contribution in [0.5, 0.6) is 0 Å². The quantitative estimate of drug-likeness (QED) is 0.744. The zero-order chi connectivity index (χ0) is 20.5. The molecule has 0 spiro atoms. The minimum Gasteiger partial charge on any atom is -0.352 e. The maximum Gasteiger partial charge on any atom is 0.230 e. The van der Waals surface area contributed by atoms with Gasteiger partial charge >= 0.3 is 0 Å². The Labute approximate surface area is 177 Å². The number of fused-ring (bicyclic) bond motifs is 1. The van der Waals surface area contributed by atoms with E-state index in [4.69, 9.17) is 11.6 Å². The number of anilines is 1. The predicted octanol–water partition coefficient (Wildman–Crippen LogP) is 4.49. The highest BCUT2D eigenvalue weighted by Crippen LogP contribution is 2.38. The maximum absolute atomic E-state index is 13.2. The Morgan fingerprint density at radius 1 is 1.17 bits per heavy atom. The van der Waals surface area contributed by atoms with Crippen LogP contribution in [-0.2, 0) is 4.79 Å². The molecule has 1 aliphatic heterocycles. The van der Waals surface area contributed by atoms with E-state index in [0.717, 1.165) is 36.6 Å². The average Bonchev–Trinajstić information content (AvgIpc) is 3.04. The fraction of sp³-hybridized carbons (Fsp3) is 0.435. The highest BCUT2D eigenvalue weighted by Gasteiger charge is 2.31. The number of allylic oxidation sites excluding steroid dienone is 2. The fourth-order valence-corrected chi connectivity index (χ4v) is 4.62. The summed E-state index contributed by atoms with van der Waals surface area (Å²) < 4.78 is 0. The molecule has 29 heavy (non-hydrogen) atoms. The van der Waals surface area contributed by atoms with Gasteiger partial charge in [-0.05, 0) is 36.6 Å². The summed E-state index contributed by atoms with van der Waals surface area (Å²) >= 11 is 6.01. The largest absolute Gasteiger partial charge is 0.352 e. The standard InChI is InChI=1S/C23H27ClN4O/c1-4-19(17-5-7-18(24)8-6-17)23(29)28-11-9-27(10-12-28)22-20-15(2)13-16(3)21(20)25-14-26-22/h5-8,13-14,16,19H,4,9-12H2,1-3H3/t16-,19-/m1/s1. The first-order valence-corrected chi connectivity index (χ1v) is 10.7. The number of carbonyl (C=O) groups excluding carboxylic acids is 1. The first-order chi connectivity index (χ1) is 14.0. The third-order valence-corrected chi connectivity index (χ3v) is 6.30. The first kappa shape index (κ1) is 19.9. The van der Waals surface area contributed by atoms with Crippen LogP contribution in [0.25, 0.3) is 5.57 Å². The van der Waals surface area contributed by atoms with E-state index in [1.54, 1.807) is 6.33 Å². The number of halogens is 1. The molecule has 6 heteroatoms. The van der Waals surface area contributed by atoms with E-state index in [1.807, 2.05) is 29.2 Å². The number of hydrogen-bond acceptors (Lipinski definition) is 4. The molecule has 0 bridgehead atoms. The van der Waals surface area contributed by atoms with Crippen LogP contribution in [0.15, 0.2) is 36.7 Å². The van der Waals surface area contributed by atoms with Crippen molar-refractivity contribution in [3.8, 4) is 0 Å². The van der Waals surface area contributed by atoms with Gasteiger partial charge in [-0.15, -0.1) is 0 Å². The number of carbonyl (C=O) groups is 1. The van der Waals surface area contributed by atoms with Crippen LogP contribution in [-0.4, -0.2) is 47.0 Å². The zero-order valence-electron chi connectivity index (χ0n) is 17.2.